The number of aromatic nitrogens is 4. The summed E-state index contributed by atoms with van der Waals surface area (Å²) in [4.78, 5) is 0. The first-order valence-corrected chi connectivity index (χ1v) is 3.81. The van der Waals surface area contributed by atoms with Gasteiger partial charge in [-0.1, -0.05) is 24.3 Å². The molecule has 1 atom stereocenters. The first-order chi connectivity index (χ1) is 5.97. The van der Waals surface area contributed by atoms with Gasteiger partial charge in [-0.25, -0.2) is 0 Å². The van der Waals surface area contributed by atoms with Crippen molar-refractivity contribution in [3.8, 4) is 0 Å². The third-order valence-electron chi connectivity index (χ3n) is 1.80. The zero-order chi connectivity index (χ0) is 8.23. The molecule has 60 valence electrons. The van der Waals surface area contributed by atoms with Crippen molar-refractivity contribution in [1.82, 2.24) is 20.6 Å². The molecule has 0 aliphatic heterocycles. The largest absolute Gasteiger partial charge is 0.135 e. The zero-order valence-electron chi connectivity index (χ0n) is 6.46. The Labute approximate surface area is 70.0 Å². The number of allylic oxidation sites excluding steroid dienone is 4. The SMILES string of the molecule is C1=CCC(c2cnnnn2)C=C1. The molecule has 12 heavy (non-hydrogen) atoms. The van der Waals surface area contributed by atoms with Gasteiger partial charge in [-0.15, -0.1) is 10.2 Å². The summed E-state index contributed by atoms with van der Waals surface area (Å²) in [6.07, 6.45) is 10.9. The highest BCUT2D eigenvalue weighted by Crippen LogP contribution is 2.20. The molecule has 1 aliphatic carbocycles. The molecule has 0 saturated carbocycles. The summed E-state index contributed by atoms with van der Waals surface area (Å²) >= 11 is 0. The van der Waals surface area contributed by atoms with Gasteiger partial charge in [0.15, 0.2) is 0 Å². The lowest BCUT2D eigenvalue weighted by molar-refractivity contribution is 0.687. The Morgan fingerprint density at radius 3 is 2.92 bits per heavy atom. The highest BCUT2D eigenvalue weighted by Gasteiger charge is 2.09. The van der Waals surface area contributed by atoms with Crippen LogP contribution in [0.3, 0.4) is 0 Å². The van der Waals surface area contributed by atoms with E-state index in [0.29, 0.717) is 5.92 Å². The first kappa shape index (κ1) is 7.09. The van der Waals surface area contributed by atoms with Gasteiger partial charge in [0.05, 0.1) is 11.9 Å². The monoisotopic (exact) mass is 160 g/mol. The van der Waals surface area contributed by atoms with Crippen LogP contribution in [-0.4, -0.2) is 20.6 Å². The third kappa shape index (κ3) is 1.37. The topological polar surface area (TPSA) is 51.6 Å². The van der Waals surface area contributed by atoms with E-state index in [9.17, 15) is 0 Å². The lowest BCUT2D eigenvalue weighted by Gasteiger charge is -2.09. The van der Waals surface area contributed by atoms with Crippen molar-refractivity contribution >= 4 is 0 Å². The Balaban J connectivity index is 2.21. The lowest BCUT2D eigenvalue weighted by Crippen LogP contribution is -2.03. The van der Waals surface area contributed by atoms with Gasteiger partial charge in [0.25, 0.3) is 0 Å². The number of hydrogen-bond donors (Lipinski definition) is 0. The highest BCUT2D eigenvalue weighted by molar-refractivity contribution is 5.20. The van der Waals surface area contributed by atoms with Gasteiger partial charge in [0, 0.05) is 5.92 Å². The van der Waals surface area contributed by atoms with E-state index in [-0.39, 0.29) is 0 Å². The van der Waals surface area contributed by atoms with Crippen LogP contribution < -0.4 is 0 Å². The van der Waals surface area contributed by atoms with E-state index in [4.69, 9.17) is 0 Å². The second-order valence-corrected chi connectivity index (χ2v) is 2.60. The van der Waals surface area contributed by atoms with Crippen LogP contribution in [0.5, 0.6) is 0 Å². The molecule has 1 aromatic rings. The van der Waals surface area contributed by atoms with Crippen LogP contribution in [0.2, 0.25) is 0 Å². The molecule has 0 aromatic carbocycles. The number of rotatable bonds is 1. The molecule has 1 heterocycles. The molecule has 0 N–H and O–H groups in total. The van der Waals surface area contributed by atoms with Crippen molar-refractivity contribution in [3.05, 3.63) is 36.2 Å². The van der Waals surface area contributed by atoms with Gasteiger partial charge in [0.1, 0.15) is 0 Å². The minimum Gasteiger partial charge on any atom is -0.135 e. The number of hydrogen-bond acceptors (Lipinski definition) is 4. The van der Waals surface area contributed by atoms with Crippen LogP contribution in [0.15, 0.2) is 30.5 Å². The van der Waals surface area contributed by atoms with Crippen LogP contribution in [0, 0.1) is 0 Å². The van der Waals surface area contributed by atoms with Gasteiger partial charge in [-0.3, -0.25) is 0 Å². The van der Waals surface area contributed by atoms with Crippen molar-refractivity contribution < 1.29 is 0 Å². The second kappa shape index (κ2) is 3.21. The molecule has 0 spiro atoms. The van der Waals surface area contributed by atoms with Crippen LogP contribution in [-0.2, 0) is 0 Å². The average molecular weight is 160 g/mol. The zero-order valence-corrected chi connectivity index (χ0v) is 6.46. The van der Waals surface area contributed by atoms with E-state index in [1.807, 2.05) is 12.2 Å². The summed E-state index contributed by atoms with van der Waals surface area (Å²) in [5, 5.41) is 14.4. The average Bonchev–Trinajstić information content (AvgIpc) is 2.21. The molecule has 0 amide bonds. The van der Waals surface area contributed by atoms with Gasteiger partial charge in [-0.2, -0.15) is 0 Å². The van der Waals surface area contributed by atoms with Gasteiger partial charge in [0.2, 0.25) is 0 Å². The lowest BCUT2D eigenvalue weighted by atomic mass is 9.98. The summed E-state index contributed by atoms with van der Waals surface area (Å²) in [5.41, 5.74) is 0.880. The maximum Gasteiger partial charge on any atom is 0.0922 e. The fraction of sp³-hybridized carbons (Fsp3) is 0.250. The molecule has 2 rings (SSSR count). The van der Waals surface area contributed by atoms with E-state index < -0.39 is 0 Å². The molecule has 0 radical (unpaired) electrons. The maximum atomic E-state index is 3.89. The highest BCUT2D eigenvalue weighted by atomic mass is 15.4. The van der Waals surface area contributed by atoms with E-state index >= 15 is 0 Å². The van der Waals surface area contributed by atoms with Crippen molar-refractivity contribution in [2.24, 2.45) is 0 Å². The summed E-state index contributed by atoms with van der Waals surface area (Å²) in [7, 11) is 0. The van der Waals surface area contributed by atoms with Crippen LogP contribution >= 0.6 is 0 Å². The Morgan fingerprint density at radius 1 is 1.25 bits per heavy atom. The van der Waals surface area contributed by atoms with Gasteiger partial charge in [-0.05, 0) is 16.8 Å². The molecule has 1 aliphatic rings. The van der Waals surface area contributed by atoms with E-state index in [1.54, 1.807) is 6.20 Å². The minimum atomic E-state index is 0.318. The summed E-state index contributed by atoms with van der Waals surface area (Å²) in [6.45, 7) is 0. The minimum absolute atomic E-state index is 0.318. The standard InChI is InChI=1S/C8H8N4/c1-2-4-7(5-3-1)8-6-9-11-12-10-8/h1-4,6-7H,5H2. The van der Waals surface area contributed by atoms with E-state index in [1.165, 1.54) is 0 Å². The van der Waals surface area contributed by atoms with Crippen molar-refractivity contribution in [2.45, 2.75) is 12.3 Å². The van der Waals surface area contributed by atoms with E-state index in [0.717, 1.165) is 12.1 Å². The molecular formula is C8H8N4. The second-order valence-electron chi connectivity index (χ2n) is 2.60. The van der Waals surface area contributed by atoms with Crippen molar-refractivity contribution in [1.29, 1.82) is 0 Å². The quantitative estimate of drug-likeness (QED) is 0.611. The third-order valence-corrected chi connectivity index (χ3v) is 1.80. The molecule has 4 nitrogen and oxygen atoms in total. The summed E-state index contributed by atoms with van der Waals surface area (Å²) in [6, 6.07) is 0. The Kier molecular flexibility index (Phi) is 1.90. The molecule has 0 saturated heterocycles. The molecule has 4 heteroatoms. The van der Waals surface area contributed by atoms with Crippen LogP contribution in [0.1, 0.15) is 18.0 Å². The molecular weight excluding hydrogens is 152 g/mol. The number of nitrogens with zero attached hydrogens (tertiary/aromatic N) is 4. The smallest absolute Gasteiger partial charge is 0.0922 e. The van der Waals surface area contributed by atoms with Crippen molar-refractivity contribution in [2.75, 3.05) is 0 Å². The van der Waals surface area contributed by atoms with Gasteiger partial charge >= 0.3 is 0 Å². The molecule has 1 unspecified atom stereocenters. The van der Waals surface area contributed by atoms with Crippen LogP contribution in [0.25, 0.3) is 0 Å². The molecule has 1 aromatic heterocycles. The Hall–Kier alpha value is -1.58. The van der Waals surface area contributed by atoms with Crippen LogP contribution in [0.4, 0.5) is 0 Å². The normalized spacial score (nSPS) is 21.2. The van der Waals surface area contributed by atoms with Gasteiger partial charge < -0.3 is 0 Å². The van der Waals surface area contributed by atoms with E-state index in [2.05, 4.69) is 32.8 Å². The predicted octanol–water partition coefficient (Wildman–Crippen LogP) is 0.866. The van der Waals surface area contributed by atoms with Crippen molar-refractivity contribution in [3.63, 3.8) is 0 Å². The molecule has 0 bridgehead atoms. The maximum absolute atomic E-state index is 3.89. The Bertz CT molecular complexity index is 304. The molecule has 0 fully saturated rings. The Morgan fingerprint density at radius 2 is 2.25 bits per heavy atom. The fourth-order valence-corrected chi connectivity index (χ4v) is 1.18. The first-order valence-electron chi connectivity index (χ1n) is 3.81. The summed E-state index contributed by atoms with van der Waals surface area (Å²) < 4.78 is 0. The predicted molar refractivity (Wildman–Crippen MR) is 43.3 cm³/mol. The fourth-order valence-electron chi connectivity index (χ4n) is 1.18. The summed E-state index contributed by atoms with van der Waals surface area (Å²) in [5.74, 6) is 0.318.